The molecule has 0 N–H and O–H groups in total. The molecule has 0 spiro atoms. The van der Waals surface area contributed by atoms with E-state index < -0.39 is 0 Å². The van der Waals surface area contributed by atoms with Crippen molar-refractivity contribution in [3.05, 3.63) is 0 Å². The highest BCUT2D eigenvalue weighted by molar-refractivity contribution is 8.01. The first-order chi connectivity index (χ1) is 3.18. The van der Waals surface area contributed by atoms with E-state index in [4.69, 9.17) is 0 Å². The Morgan fingerprint density at radius 2 is 2.43 bits per heavy atom. The molecule has 0 amide bonds. The van der Waals surface area contributed by atoms with Gasteiger partial charge in [-0.3, -0.25) is 4.79 Å². The number of thiol groups is 1. The highest BCUT2D eigenvalue weighted by atomic mass is 32.4. The third-order valence-corrected chi connectivity index (χ3v) is 2.61. The van der Waals surface area contributed by atoms with Gasteiger partial charge in [0.1, 0.15) is 0 Å². The predicted molar refractivity (Wildman–Crippen MR) is 37.7 cm³/mol. The Morgan fingerprint density at radius 3 is 2.43 bits per heavy atom. The van der Waals surface area contributed by atoms with Crippen molar-refractivity contribution in [3.8, 4) is 0 Å². The molecule has 0 aliphatic rings. The molecule has 0 aromatic carbocycles. The van der Waals surface area contributed by atoms with Gasteiger partial charge in [-0.25, -0.2) is 0 Å². The Bertz CT molecular complexity index is 92.9. The average molecular weight is 152 g/mol. The number of hydrogen-bond donors (Lipinski definition) is 1. The molecule has 7 heavy (non-hydrogen) atoms. The Morgan fingerprint density at radius 1 is 2.00 bits per heavy atom. The molecule has 1 atom stereocenters. The lowest BCUT2D eigenvalue weighted by molar-refractivity contribution is -0.110. The highest BCUT2D eigenvalue weighted by Crippen LogP contribution is 2.07. The van der Waals surface area contributed by atoms with Crippen LogP contribution in [0.4, 0.5) is 0 Å². The van der Waals surface area contributed by atoms with E-state index in [0.29, 0.717) is 7.36 Å². The fourth-order valence-corrected chi connectivity index (χ4v) is 0.830. The van der Waals surface area contributed by atoms with Gasteiger partial charge in [0.05, 0.1) is 5.66 Å². The van der Waals surface area contributed by atoms with Crippen molar-refractivity contribution in [3.63, 3.8) is 0 Å². The number of carbonyl (C=O) groups excluding carboxylic acids is 1. The molecule has 0 radical (unpaired) electrons. The van der Waals surface area contributed by atoms with Gasteiger partial charge < -0.3 is 0 Å². The summed E-state index contributed by atoms with van der Waals surface area (Å²) in [5.41, 5.74) is -0.0849. The van der Waals surface area contributed by atoms with E-state index in [1.807, 2.05) is 0 Å². The fourth-order valence-electron chi connectivity index (χ4n) is 0.0451. The summed E-state index contributed by atoms with van der Waals surface area (Å²) in [5, 5.41) is -0.128. The van der Waals surface area contributed by atoms with Gasteiger partial charge in [0.15, 0.2) is 5.12 Å². The summed E-state index contributed by atoms with van der Waals surface area (Å²) in [4.78, 5) is 10.2. The molecular formula is C3H5OPS2. The summed E-state index contributed by atoms with van der Waals surface area (Å²) in [5.74, 6) is 0. The van der Waals surface area contributed by atoms with Crippen LogP contribution in [0.3, 0.4) is 0 Å². The molecule has 0 fully saturated rings. The summed E-state index contributed by atoms with van der Waals surface area (Å²) >= 11 is 8.11. The molecule has 0 aliphatic carbocycles. The Balaban J connectivity index is 3.55. The molecule has 0 saturated heterocycles. The summed E-state index contributed by atoms with van der Waals surface area (Å²) in [6.07, 6.45) is 0. The molecule has 0 aliphatic heterocycles. The van der Waals surface area contributed by atoms with E-state index in [2.05, 4.69) is 24.4 Å². The van der Waals surface area contributed by atoms with Gasteiger partial charge in [-0.15, -0.1) is 12.6 Å². The van der Waals surface area contributed by atoms with Crippen molar-refractivity contribution in [1.29, 1.82) is 0 Å². The van der Waals surface area contributed by atoms with Crippen LogP contribution in [0.2, 0.25) is 0 Å². The van der Waals surface area contributed by atoms with Gasteiger partial charge >= 0.3 is 0 Å². The summed E-state index contributed by atoms with van der Waals surface area (Å²) in [7, 11) is 0.680. The van der Waals surface area contributed by atoms with Crippen LogP contribution < -0.4 is 0 Å². The minimum absolute atomic E-state index is 0.0849. The molecule has 0 aromatic rings. The molecule has 1 unspecified atom stereocenters. The van der Waals surface area contributed by atoms with E-state index in [1.165, 1.54) is 0 Å². The molecule has 0 rings (SSSR count). The minimum atomic E-state index is -0.128. The van der Waals surface area contributed by atoms with Crippen LogP contribution in [0.15, 0.2) is 0 Å². The highest BCUT2D eigenvalue weighted by Gasteiger charge is 2.01. The second-order valence-corrected chi connectivity index (χ2v) is 3.18. The van der Waals surface area contributed by atoms with E-state index in [-0.39, 0.29) is 10.8 Å². The van der Waals surface area contributed by atoms with E-state index in [9.17, 15) is 4.79 Å². The van der Waals surface area contributed by atoms with Crippen molar-refractivity contribution in [2.24, 2.45) is 0 Å². The lowest BCUT2D eigenvalue weighted by atomic mass is 10.5. The van der Waals surface area contributed by atoms with Crippen LogP contribution in [-0.2, 0) is 16.6 Å². The van der Waals surface area contributed by atoms with Crippen LogP contribution >= 0.6 is 20.0 Å². The van der Waals surface area contributed by atoms with E-state index in [1.54, 1.807) is 6.92 Å². The number of carbonyl (C=O) groups is 1. The number of rotatable bonds is 2. The zero-order valence-electron chi connectivity index (χ0n) is 3.79. The van der Waals surface area contributed by atoms with Crippen molar-refractivity contribution in [2.45, 2.75) is 12.6 Å². The van der Waals surface area contributed by atoms with Crippen molar-refractivity contribution < 1.29 is 4.79 Å². The average Bonchev–Trinajstić information content (AvgIpc) is 1.65. The molecular weight excluding hydrogens is 147 g/mol. The molecule has 0 bridgehead atoms. The van der Waals surface area contributed by atoms with Crippen molar-refractivity contribution in [2.75, 3.05) is 0 Å². The predicted octanol–water partition coefficient (Wildman–Crippen LogP) is 1.24. The molecule has 40 valence electrons. The quantitative estimate of drug-likeness (QED) is 0.473. The molecule has 0 heterocycles. The van der Waals surface area contributed by atoms with Gasteiger partial charge in [0.25, 0.3) is 0 Å². The van der Waals surface area contributed by atoms with Gasteiger partial charge in [-0.1, -0.05) is 11.8 Å². The van der Waals surface area contributed by atoms with Gasteiger partial charge in [0.2, 0.25) is 0 Å². The van der Waals surface area contributed by atoms with E-state index in [0.717, 1.165) is 0 Å². The monoisotopic (exact) mass is 152 g/mol. The second kappa shape index (κ2) is 3.53. The molecule has 0 saturated carbocycles. The molecule has 4 heteroatoms. The Hall–Kier alpha value is 0.540. The van der Waals surface area contributed by atoms with Gasteiger partial charge in [-0.2, -0.15) is 0 Å². The molecule has 0 aromatic heterocycles. The first kappa shape index (κ1) is 7.54. The maximum absolute atomic E-state index is 10.2. The third-order valence-electron chi connectivity index (χ3n) is 0.516. The van der Waals surface area contributed by atoms with Crippen LogP contribution in [0.25, 0.3) is 0 Å². The second-order valence-electron chi connectivity index (χ2n) is 1.12. The SMILES string of the molecule is CC(P=S)C(=O)S. The van der Waals surface area contributed by atoms with Crippen molar-refractivity contribution >= 4 is 36.9 Å². The van der Waals surface area contributed by atoms with Crippen molar-refractivity contribution in [1.82, 2.24) is 0 Å². The van der Waals surface area contributed by atoms with Crippen LogP contribution in [-0.4, -0.2) is 10.8 Å². The zero-order valence-corrected chi connectivity index (χ0v) is 6.39. The number of hydrogen-bond acceptors (Lipinski definition) is 2. The summed E-state index contributed by atoms with van der Waals surface area (Å²) in [6.45, 7) is 1.75. The van der Waals surface area contributed by atoms with Gasteiger partial charge in [-0.05, 0) is 14.3 Å². The third kappa shape index (κ3) is 3.15. The fraction of sp³-hybridized carbons (Fsp3) is 0.667. The van der Waals surface area contributed by atoms with Crippen LogP contribution in [0.5, 0.6) is 0 Å². The summed E-state index contributed by atoms with van der Waals surface area (Å²) < 4.78 is 0. The minimum Gasteiger partial charge on any atom is -0.286 e. The van der Waals surface area contributed by atoms with E-state index >= 15 is 0 Å². The standard InChI is InChI=1S/C3H5OPS2/c1-2(5-7)3(4)6/h2H,1H3,(H,4,6). The Labute approximate surface area is 54.7 Å². The molecule has 1 nitrogen and oxygen atoms in total. The lowest BCUT2D eigenvalue weighted by Gasteiger charge is -1.90. The van der Waals surface area contributed by atoms with Gasteiger partial charge in [0, 0.05) is 0 Å². The first-order valence-corrected chi connectivity index (χ1v) is 4.16. The van der Waals surface area contributed by atoms with Crippen LogP contribution in [0.1, 0.15) is 6.92 Å². The largest absolute Gasteiger partial charge is 0.286 e. The maximum atomic E-state index is 10.2. The smallest absolute Gasteiger partial charge is 0.197 e. The zero-order chi connectivity index (χ0) is 5.86. The maximum Gasteiger partial charge on any atom is 0.197 e. The normalized spacial score (nSPS) is 14.0. The Kier molecular flexibility index (Phi) is 3.80. The van der Waals surface area contributed by atoms with Crippen LogP contribution in [0, 0.1) is 0 Å². The topological polar surface area (TPSA) is 17.1 Å². The summed E-state index contributed by atoms with van der Waals surface area (Å²) in [6, 6.07) is 0. The lowest BCUT2D eigenvalue weighted by Crippen LogP contribution is -1.99. The first-order valence-electron chi connectivity index (χ1n) is 1.73.